The van der Waals surface area contributed by atoms with Crippen molar-refractivity contribution in [3.8, 4) is 11.5 Å². The number of rotatable bonds is 7. The Labute approximate surface area is 203 Å². The lowest BCUT2D eigenvalue weighted by Gasteiger charge is -2.05. The maximum Gasteiger partial charge on any atom is 0.193 e. The zero-order valence-electron chi connectivity index (χ0n) is 19.9. The van der Waals surface area contributed by atoms with E-state index < -0.39 is 0 Å². The largest absolute Gasteiger partial charge is 0.497 e. The Morgan fingerprint density at radius 3 is 1.31 bits per heavy atom. The van der Waals surface area contributed by atoms with Gasteiger partial charge in [-0.1, -0.05) is 0 Å². The Morgan fingerprint density at radius 1 is 0.600 bits per heavy atom. The van der Waals surface area contributed by atoms with Gasteiger partial charge in [-0.15, -0.1) is 0 Å². The average molecular weight is 464 g/mol. The quantitative estimate of drug-likeness (QED) is 0.266. The first-order valence-electron chi connectivity index (χ1n) is 11.5. The summed E-state index contributed by atoms with van der Waals surface area (Å²) in [5, 5.41) is 1.90. The third kappa shape index (κ3) is 3.95. The molecule has 5 rings (SSSR count). The van der Waals surface area contributed by atoms with Crippen LogP contribution in [0.25, 0.3) is 21.8 Å². The molecule has 0 saturated carbocycles. The molecule has 5 heteroatoms. The smallest absolute Gasteiger partial charge is 0.193 e. The van der Waals surface area contributed by atoms with Gasteiger partial charge in [0.15, 0.2) is 11.6 Å². The highest BCUT2D eigenvalue weighted by atomic mass is 16.5. The van der Waals surface area contributed by atoms with E-state index in [1.165, 1.54) is 0 Å². The zero-order chi connectivity index (χ0) is 24.5. The molecule has 5 nitrogen and oxygen atoms in total. The van der Waals surface area contributed by atoms with Crippen LogP contribution >= 0.6 is 0 Å². The average Bonchev–Trinajstić information content (AvgIpc) is 3.24. The van der Waals surface area contributed by atoms with Crippen LogP contribution in [0.2, 0.25) is 0 Å². The summed E-state index contributed by atoms with van der Waals surface area (Å²) in [6.07, 6.45) is 0. The van der Waals surface area contributed by atoms with Crippen LogP contribution in [0.1, 0.15) is 38.8 Å². The van der Waals surface area contributed by atoms with E-state index >= 15 is 0 Å². The minimum absolute atomic E-state index is 0.0579. The number of benzene rings is 4. The summed E-state index contributed by atoms with van der Waals surface area (Å²) in [7, 11) is 3.20. The Morgan fingerprint density at radius 2 is 0.971 bits per heavy atom. The van der Waals surface area contributed by atoms with Crippen LogP contribution in [0.5, 0.6) is 11.5 Å². The normalized spacial score (nSPS) is 11.1. The van der Waals surface area contributed by atoms with Gasteiger partial charge in [-0.25, -0.2) is 0 Å². The maximum atomic E-state index is 13.2. The highest BCUT2D eigenvalue weighted by Crippen LogP contribution is 2.32. The van der Waals surface area contributed by atoms with Crippen molar-refractivity contribution in [3.63, 3.8) is 0 Å². The lowest BCUT2D eigenvalue weighted by atomic mass is 9.99. The molecule has 1 heterocycles. The van der Waals surface area contributed by atoms with E-state index in [4.69, 9.17) is 9.47 Å². The number of methoxy groups -OCH3 is 2. The van der Waals surface area contributed by atoms with Gasteiger partial charge in [-0.05, 0) is 91.9 Å². The molecule has 0 aliphatic rings. The van der Waals surface area contributed by atoms with Crippen molar-refractivity contribution in [2.45, 2.75) is 13.5 Å². The Bertz CT molecular complexity index is 1440. The second kappa shape index (κ2) is 9.11. The van der Waals surface area contributed by atoms with Crippen LogP contribution in [0.15, 0.2) is 84.9 Å². The molecule has 0 bridgehead atoms. The number of carbonyl (C=O) groups is 2. The van der Waals surface area contributed by atoms with Gasteiger partial charge in [0.2, 0.25) is 0 Å². The van der Waals surface area contributed by atoms with Crippen molar-refractivity contribution in [2.24, 2.45) is 0 Å². The summed E-state index contributed by atoms with van der Waals surface area (Å²) in [5.74, 6) is 1.30. The van der Waals surface area contributed by atoms with Crippen LogP contribution in [0, 0.1) is 0 Å². The van der Waals surface area contributed by atoms with E-state index in [0.717, 1.165) is 28.4 Å². The van der Waals surface area contributed by atoms with Crippen molar-refractivity contribution in [1.29, 1.82) is 0 Å². The second-order valence-electron chi connectivity index (χ2n) is 8.32. The van der Waals surface area contributed by atoms with Crippen molar-refractivity contribution >= 4 is 33.4 Å². The zero-order valence-corrected chi connectivity index (χ0v) is 19.9. The number of nitrogens with zero attached hydrogens (tertiary/aromatic N) is 1. The number of aromatic nitrogens is 1. The number of aryl methyl sites for hydroxylation is 1. The summed E-state index contributed by atoms with van der Waals surface area (Å²) in [6.45, 7) is 2.86. The SMILES string of the molecule is CCn1c2ccc(C(=O)c3ccc(OC)cc3)cc2c2cc(C(=O)c3ccc(OC)cc3)ccc21. The van der Waals surface area contributed by atoms with Gasteiger partial charge < -0.3 is 14.0 Å². The van der Waals surface area contributed by atoms with Crippen LogP contribution in [0.3, 0.4) is 0 Å². The molecular weight excluding hydrogens is 438 g/mol. The fourth-order valence-electron chi connectivity index (χ4n) is 4.55. The van der Waals surface area contributed by atoms with Crippen molar-refractivity contribution in [3.05, 3.63) is 107 Å². The molecule has 0 radical (unpaired) electrons. The summed E-state index contributed by atoms with van der Waals surface area (Å²) >= 11 is 0. The second-order valence-corrected chi connectivity index (χ2v) is 8.32. The van der Waals surface area contributed by atoms with Gasteiger partial charge in [0.25, 0.3) is 0 Å². The number of ketones is 2. The fraction of sp³-hybridized carbons (Fsp3) is 0.133. The van der Waals surface area contributed by atoms with E-state index in [9.17, 15) is 9.59 Å². The Hall–Kier alpha value is -4.38. The van der Waals surface area contributed by atoms with E-state index in [1.54, 1.807) is 62.8 Å². The molecule has 0 saturated heterocycles. The standard InChI is InChI=1S/C30H25NO4/c1-4-31-27-15-9-21(29(32)19-5-11-23(34-2)12-6-19)17-25(27)26-18-22(10-16-28(26)31)30(33)20-7-13-24(35-3)14-8-20/h5-18H,4H2,1-3H3. The first-order chi connectivity index (χ1) is 17.0. The number of hydrogen-bond donors (Lipinski definition) is 0. The highest BCUT2D eigenvalue weighted by Gasteiger charge is 2.17. The summed E-state index contributed by atoms with van der Waals surface area (Å²) in [6, 6.07) is 25.8. The molecule has 4 aromatic carbocycles. The molecule has 35 heavy (non-hydrogen) atoms. The summed E-state index contributed by atoms with van der Waals surface area (Å²) in [5.41, 5.74) is 4.46. The molecule has 5 aromatic rings. The molecule has 0 amide bonds. The number of ether oxygens (including phenoxy) is 2. The van der Waals surface area contributed by atoms with Crippen LogP contribution < -0.4 is 9.47 Å². The highest BCUT2D eigenvalue weighted by molar-refractivity contribution is 6.17. The Balaban J connectivity index is 1.60. The fourth-order valence-corrected chi connectivity index (χ4v) is 4.55. The molecule has 0 unspecified atom stereocenters. The minimum Gasteiger partial charge on any atom is -0.497 e. The molecule has 1 aromatic heterocycles. The number of carbonyl (C=O) groups excluding carboxylic acids is 2. The van der Waals surface area contributed by atoms with Gasteiger partial charge >= 0.3 is 0 Å². The van der Waals surface area contributed by atoms with Gasteiger partial charge in [0.1, 0.15) is 11.5 Å². The third-order valence-electron chi connectivity index (χ3n) is 6.41. The van der Waals surface area contributed by atoms with E-state index in [1.807, 2.05) is 36.4 Å². The first-order valence-corrected chi connectivity index (χ1v) is 11.5. The first kappa shape index (κ1) is 22.4. The van der Waals surface area contributed by atoms with Crippen LogP contribution in [-0.2, 0) is 6.54 Å². The van der Waals surface area contributed by atoms with Gasteiger partial charge in [-0.2, -0.15) is 0 Å². The number of hydrogen-bond acceptors (Lipinski definition) is 4. The van der Waals surface area contributed by atoms with E-state index in [-0.39, 0.29) is 11.6 Å². The van der Waals surface area contributed by atoms with E-state index in [0.29, 0.717) is 33.8 Å². The van der Waals surface area contributed by atoms with Crippen molar-refractivity contribution in [1.82, 2.24) is 4.57 Å². The minimum atomic E-state index is -0.0579. The number of fused-ring (bicyclic) bond motifs is 3. The Kier molecular flexibility index (Phi) is 5.83. The molecule has 0 aliphatic carbocycles. The maximum absolute atomic E-state index is 13.2. The summed E-state index contributed by atoms with van der Waals surface area (Å²) in [4.78, 5) is 26.4. The lowest BCUT2D eigenvalue weighted by Crippen LogP contribution is -2.01. The molecule has 0 fully saturated rings. The molecule has 0 spiro atoms. The molecule has 0 aliphatic heterocycles. The topological polar surface area (TPSA) is 57.5 Å². The molecule has 0 atom stereocenters. The van der Waals surface area contributed by atoms with Crippen molar-refractivity contribution in [2.75, 3.05) is 14.2 Å². The monoisotopic (exact) mass is 463 g/mol. The van der Waals surface area contributed by atoms with Crippen LogP contribution in [0.4, 0.5) is 0 Å². The van der Waals surface area contributed by atoms with E-state index in [2.05, 4.69) is 11.5 Å². The molecule has 0 N–H and O–H groups in total. The third-order valence-corrected chi connectivity index (χ3v) is 6.41. The van der Waals surface area contributed by atoms with Crippen LogP contribution in [-0.4, -0.2) is 30.4 Å². The van der Waals surface area contributed by atoms with Gasteiger partial charge in [-0.3, -0.25) is 9.59 Å². The molecular formula is C30H25NO4. The predicted molar refractivity (Wildman–Crippen MR) is 138 cm³/mol. The summed E-state index contributed by atoms with van der Waals surface area (Å²) < 4.78 is 12.6. The van der Waals surface area contributed by atoms with Gasteiger partial charge in [0.05, 0.1) is 14.2 Å². The predicted octanol–water partition coefficient (Wildman–Crippen LogP) is 6.29. The lowest BCUT2D eigenvalue weighted by molar-refractivity contribution is 0.103. The van der Waals surface area contributed by atoms with Gasteiger partial charge in [0, 0.05) is 50.6 Å². The van der Waals surface area contributed by atoms with Crippen molar-refractivity contribution < 1.29 is 19.1 Å². The molecule has 174 valence electrons.